The summed E-state index contributed by atoms with van der Waals surface area (Å²) in [6.07, 6.45) is 2.37. The minimum atomic E-state index is -3.07. The number of nitrogens with zero attached hydrogens (tertiary/aromatic N) is 1. The maximum atomic E-state index is 12.5. The molecule has 1 heterocycles. The number of fused-ring (bicyclic) bond motifs is 1. The molecule has 3 atom stereocenters. The van der Waals surface area contributed by atoms with Crippen LogP contribution in [0.3, 0.4) is 0 Å². The van der Waals surface area contributed by atoms with Gasteiger partial charge in [-0.25, -0.2) is 3.89 Å². The first kappa shape index (κ1) is 18.9. The second-order valence-electron chi connectivity index (χ2n) is 8.15. The Kier molecular flexibility index (Phi) is 4.62. The standard InChI is InChI=1S/C21H25ClNO3S/c1-14-12-23(2,27(14,25)26)21-10-18-4-3-15(7-19(18)11-21)5-16-6-17(13-24)9-20(22)8-16/h3-4,6-9,14,21,24H,5,10-13H2,1-2H3/q+1. The maximum Gasteiger partial charge on any atom is 0.305 e. The van der Waals surface area contributed by atoms with E-state index in [0.29, 0.717) is 11.6 Å². The van der Waals surface area contributed by atoms with Gasteiger partial charge < -0.3 is 5.11 Å². The Morgan fingerprint density at radius 3 is 2.44 bits per heavy atom. The van der Waals surface area contributed by atoms with Crippen LogP contribution in [0.5, 0.6) is 0 Å². The van der Waals surface area contributed by atoms with Crippen LogP contribution in [0.4, 0.5) is 0 Å². The first-order chi connectivity index (χ1) is 12.7. The molecule has 4 rings (SSSR count). The summed E-state index contributed by atoms with van der Waals surface area (Å²) in [6.45, 7) is 2.49. The molecular weight excluding hydrogens is 382 g/mol. The van der Waals surface area contributed by atoms with Gasteiger partial charge in [0.2, 0.25) is 0 Å². The average molecular weight is 407 g/mol. The Hall–Kier alpha value is -1.40. The third kappa shape index (κ3) is 3.11. The van der Waals surface area contributed by atoms with Crippen molar-refractivity contribution in [2.75, 3.05) is 13.6 Å². The highest BCUT2D eigenvalue weighted by atomic mass is 35.5. The smallest absolute Gasteiger partial charge is 0.305 e. The zero-order valence-electron chi connectivity index (χ0n) is 15.7. The number of hydrogen-bond acceptors (Lipinski definition) is 3. The molecule has 1 aliphatic carbocycles. The van der Waals surface area contributed by atoms with Gasteiger partial charge in [0.25, 0.3) is 0 Å². The van der Waals surface area contributed by atoms with E-state index in [1.807, 2.05) is 19.2 Å². The van der Waals surface area contributed by atoms with Gasteiger partial charge in [0.1, 0.15) is 12.6 Å². The highest BCUT2D eigenvalue weighted by molar-refractivity contribution is 7.87. The van der Waals surface area contributed by atoms with Gasteiger partial charge >= 0.3 is 10.0 Å². The highest BCUT2D eigenvalue weighted by Gasteiger charge is 2.59. The predicted octanol–water partition coefficient (Wildman–Crippen LogP) is 3.07. The molecule has 0 spiro atoms. The summed E-state index contributed by atoms with van der Waals surface area (Å²) < 4.78 is 25.3. The van der Waals surface area contributed by atoms with E-state index < -0.39 is 10.0 Å². The largest absolute Gasteiger partial charge is 0.392 e. The molecule has 2 aliphatic rings. The summed E-state index contributed by atoms with van der Waals surface area (Å²) in [6, 6.07) is 12.3. The molecule has 2 aromatic carbocycles. The normalized spacial score (nSPS) is 28.6. The van der Waals surface area contributed by atoms with Gasteiger partial charge in [0, 0.05) is 17.9 Å². The fourth-order valence-electron chi connectivity index (χ4n) is 4.68. The molecule has 144 valence electrons. The van der Waals surface area contributed by atoms with Crippen LogP contribution in [-0.4, -0.2) is 42.3 Å². The molecule has 0 amide bonds. The van der Waals surface area contributed by atoms with Crippen LogP contribution in [0.15, 0.2) is 36.4 Å². The number of aliphatic hydroxyl groups is 1. The Labute approximate surface area is 166 Å². The average Bonchev–Trinajstić information content (AvgIpc) is 3.04. The van der Waals surface area contributed by atoms with Crippen LogP contribution >= 0.6 is 11.6 Å². The summed E-state index contributed by atoms with van der Waals surface area (Å²) in [5.74, 6) is 0. The second-order valence-corrected chi connectivity index (χ2v) is 11.3. The van der Waals surface area contributed by atoms with E-state index in [4.69, 9.17) is 11.6 Å². The van der Waals surface area contributed by atoms with E-state index in [9.17, 15) is 13.5 Å². The molecule has 0 saturated carbocycles. The first-order valence-corrected chi connectivity index (χ1v) is 11.2. The fourth-order valence-corrected chi connectivity index (χ4v) is 7.02. The Morgan fingerprint density at radius 1 is 1.07 bits per heavy atom. The number of quaternary nitrogens is 1. The van der Waals surface area contributed by atoms with E-state index in [0.717, 1.165) is 30.4 Å². The van der Waals surface area contributed by atoms with Crippen molar-refractivity contribution >= 4 is 21.6 Å². The van der Waals surface area contributed by atoms with Crippen molar-refractivity contribution in [2.24, 2.45) is 0 Å². The van der Waals surface area contributed by atoms with Gasteiger partial charge in [-0.3, -0.25) is 0 Å². The van der Waals surface area contributed by atoms with Gasteiger partial charge in [0.05, 0.1) is 13.7 Å². The van der Waals surface area contributed by atoms with Crippen molar-refractivity contribution in [2.45, 2.75) is 44.1 Å². The van der Waals surface area contributed by atoms with Gasteiger partial charge in [-0.05, 0) is 53.3 Å². The third-order valence-corrected chi connectivity index (χ3v) is 9.27. The van der Waals surface area contributed by atoms with Crippen molar-refractivity contribution in [3.8, 4) is 0 Å². The summed E-state index contributed by atoms with van der Waals surface area (Å²) in [4.78, 5) is 0. The van der Waals surface area contributed by atoms with E-state index >= 15 is 0 Å². The Balaban J connectivity index is 1.55. The molecule has 1 aliphatic heterocycles. The van der Waals surface area contributed by atoms with E-state index in [1.54, 1.807) is 13.0 Å². The summed E-state index contributed by atoms with van der Waals surface area (Å²) in [5.41, 5.74) is 5.59. The lowest BCUT2D eigenvalue weighted by Crippen LogP contribution is -2.71. The number of hydrogen-bond donors (Lipinski definition) is 1. The van der Waals surface area contributed by atoms with Crippen molar-refractivity contribution in [1.82, 2.24) is 0 Å². The molecule has 1 N–H and O–H groups in total. The lowest BCUT2D eigenvalue weighted by Gasteiger charge is -2.48. The lowest BCUT2D eigenvalue weighted by molar-refractivity contribution is -0.830. The van der Waals surface area contributed by atoms with Crippen LogP contribution in [0.2, 0.25) is 5.02 Å². The van der Waals surface area contributed by atoms with Crippen molar-refractivity contribution in [1.29, 1.82) is 0 Å². The number of sulfonamides is 1. The molecule has 0 aromatic heterocycles. The molecule has 0 bridgehead atoms. The van der Waals surface area contributed by atoms with E-state index in [1.165, 1.54) is 16.7 Å². The molecular formula is C21H25ClNO3S+. The molecule has 1 fully saturated rings. The fraction of sp³-hybridized carbons (Fsp3) is 0.429. The van der Waals surface area contributed by atoms with Crippen LogP contribution in [0, 0.1) is 0 Å². The molecule has 0 radical (unpaired) electrons. The number of rotatable bonds is 4. The monoisotopic (exact) mass is 406 g/mol. The van der Waals surface area contributed by atoms with Gasteiger partial charge in [-0.1, -0.05) is 35.9 Å². The van der Waals surface area contributed by atoms with Gasteiger partial charge in [-0.15, -0.1) is 0 Å². The van der Waals surface area contributed by atoms with E-state index in [2.05, 4.69) is 18.2 Å². The molecule has 6 heteroatoms. The van der Waals surface area contributed by atoms with Crippen LogP contribution in [0.1, 0.15) is 34.7 Å². The number of aliphatic hydroxyl groups excluding tert-OH is 1. The third-order valence-electron chi connectivity index (χ3n) is 6.27. The predicted molar refractivity (Wildman–Crippen MR) is 107 cm³/mol. The summed E-state index contributed by atoms with van der Waals surface area (Å²) in [7, 11) is -1.20. The highest BCUT2D eigenvalue weighted by Crippen LogP contribution is 2.39. The lowest BCUT2D eigenvalue weighted by atomic mass is 9.99. The second kappa shape index (κ2) is 6.59. The zero-order chi connectivity index (χ0) is 19.4. The summed E-state index contributed by atoms with van der Waals surface area (Å²) in [5, 5.41) is 9.77. The molecule has 27 heavy (non-hydrogen) atoms. The maximum absolute atomic E-state index is 12.5. The topological polar surface area (TPSA) is 54.4 Å². The van der Waals surface area contributed by atoms with Gasteiger partial charge in [0.15, 0.2) is 5.25 Å². The van der Waals surface area contributed by atoms with Crippen molar-refractivity contribution in [3.05, 3.63) is 69.2 Å². The number of halogens is 1. The first-order valence-electron chi connectivity index (χ1n) is 9.32. The van der Waals surface area contributed by atoms with Crippen LogP contribution < -0.4 is 0 Å². The van der Waals surface area contributed by atoms with Crippen LogP contribution in [0.25, 0.3) is 0 Å². The molecule has 1 saturated heterocycles. The minimum Gasteiger partial charge on any atom is -0.392 e. The Bertz CT molecular complexity index is 1000. The van der Waals surface area contributed by atoms with Crippen molar-refractivity contribution < 1.29 is 17.4 Å². The zero-order valence-corrected chi connectivity index (χ0v) is 17.2. The molecule has 3 unspecified atom stereocenters. The summed E-state index contributed by atoms with van der Waals surface area (Å²) >= 11 is 6.15. The van der Waals surface area contributed by atoms with E-state index in [-0.39, 0.29) is 21.8 Å². The van der Waals surface area contributed by atoms with Crippen LogP contribution in [-0.2, 0) is 35.9 Å². The molecule has 4 nitrogen and oxygen atoms in total. The SMILES string of the molecule is CC1C[N+](C)(C2Cc3ccc(Cc4cc(Cl)cc(CO)c4)cc3C2)S1(=O)=O. The number of benzene rings is 2. The Morgan fingerprint density at radius 2 is 1.78 bits per heavy atom. The quantitative estimate of drug-likeness (QED) is 0.794. The van der Waals surface area contributed by atoms with Crippen molar-refractivity contribution in [3.63, 3.8) is 0 Å². The number of likely N-dealkylation sites (N-methyl/N-ethyl adjacent to an activating group) is 1. The molecule has 2 aromatic rings. The van der Waals surface area contributed by atoms with Gasteiger partial charge in [-0.2, -0.15) is 8.42 Å². The minimum absolute atomic E-state index is 0.0250.